The molecule has 1 saturated carbocycles. The van der Waals surface area contributed by atoms with Gasteiger partial charge in [0.2, 0.25) is 11.8 Å². The molecule has 1 aromatic heterocycles. The minimum atomic E-state index is -0.453. The Balaban J connectivity index is 1.33. The fourth-order valence-electron chi connectivity index (χ4n) is 2.91. The molecule has 0 saturated heterocycles. The van der Waals surface area contributed by atoms with Crippen molar-refractivity contribution in [2.24, 2.45) is 5.92 Å². The largest absolute Gasteiger partial charge is 0.326 e. The van der Waals surface area contributed by atoms with Crippen LogP contribution in [-0.4, -0.2) is 27.0 Å². The van der Waals surface area contributed by atoms with E-state index < -0.39 is 4.92 Å². The van der Waals surface area contributed by atoms with E-state index in [0.29, 0.717) is 16.4 Å². The van der Waals surface area contributed by atoms with Gasteiger partial charge in [0.25, 0.3) is 5.69 Å². The quantitative estimate of drug-likeness (QED) is 0.267. The monoisotopic (exact) mass is 468 g/mol. The van der Waals surface area contributed by atoms with Gasteiger partial charge in [0, 0.05) is 39.6 Å². The standard InChI is InChI=1S/C22H20N4O4S2/c1-13(32-18-9-7-16(8-10-18)23-21(28)14-5-6-14)20(27)25-22-24-19(12-31-22)15-3-2-4-17(11-15)26(29)30/h2-4,7-14H,5-6H2,1H3,(H,23,28)(H,24,25,27). The lowest BCUT2D eigenvalue weighted by Gasteiger charge is -2.11. The third-order valence-electron chi connectivity index (χ3n) is 4.84. The molecule has 0 spiro atoms. The Morgan fingerprint density at radius 1 is 1.19 bits per heavy atom. The van der Waals surface area contributed by atoms with Crippen LogP contribution in [0.15, 0.2) is 58.8 Å². The topological polar surface area (TPSA) is 114 Å². The minimum absolute atomic E-state index is 0.00997. The number of aromatic nitrogens is 1. The predicted molar refractivity (Wildman–Crippen MR) is 126 cm³/mol. The number of amides is 2. The lowest BCUT2D eigenvalue weighted by atomic mass is 10.1. The van der Waals surface area contributed by atoms with Crippen LogP contribution in [0.1, 0.15) is 19.8 Å². The van der Waals surface area contributed by atoms with Crippen molar-refractivity contribution in [3.8, 4) is 11.3 Å². The summed E-state index contributed by atoms with van der Waals surface area (Å²) in [5.74, 6) is 0.0169. The van der Waals surface area contributed by atoms with Crippen molar-refractivity contribution in [3.05, 3.63) is 64.0 Å². The summed E-state index contributed by atoms with van der Waals surface area (Å²) in [6.07, 6.45) is 1.91. The van der Waals surface area contributed by atoms with Gasteiger partial charge >= 0.3 is 0 Å². The molecule has 1 heterocycles. The molecule has 1 atom stereocenters. The summed E-state index contributed by atoms with van der Waals surface area (Å²) in [4.78, 5) is 40.2. The molecule has 0 aliphatic heterocycles. The number of carbonyl (C=O) groups excluding carboxylic acids is 2. The van der Waals surface area contributed by atoms with Gasteiger partial charge < -0.3 is 10.6 Å². The number of carbonyl (C=O) groups is 2. The zero-order valence-electron chi connectivity index (χ0n) is 17.1. The summed E-state index contributed by atoms with van der Waals surface area (Å²) < 4.78 is 0. The Labute approximate surface area is 192 Å². The van der Waals surface area contributed by atoms with Gasteiger partial charge in [-0.2, -0.15) is 0 Å². The first-order chi connectivity index (χ1) is 15.4. The predicted octanol–water partition coefficient (Wildman–Crippen LogP) is 5.19. The molecule has 1 aliphatic carbocycles. The second-order valence-corrected chi connectivity index (χ2v) is 9.65. The molecule has 32 heavy (non-hydrogen) atoms. The number of non-ortho nitro benzene ring substituents is 1. The Bertz CT molecular complexity index is 1160. The smallest absolute Gasteiger partial charge is 0.270 e. The minimum Gasteiger partial charge on any atom is -0.326 e. The molecule has 8 nitrogen and oxygen atoms in total. The van der Waals surface area contributed by atoms with E-state index in [2.05, 4.69) is 15.6 Å². The highest BCUT2D eigenvalue weighted by atomic mass is 32.2. The zero-order valence-corrected chi connectivity index (χ0v) is 18.7. The Morgan fingerprint density at radius 2 is 1.94 bits per heavy atom. The molecule has 4 rings (SSSR count). The third-order valence-corrected chi connectivity index (χ3v) is 6.71. The lowest BCUT2D eigenvalue weighted by molar-refractivity contribution is -0.384. The molecule has 2 amide bonds. The summed E-state index contributed by atoms with van der Waals surface area (Å²) in [7, 11) is 0. The number of thioether (sulfide) groups is 1. The number of nitro benzene ring substituents is 1. The van der Waals surface area contributed by atoms with E-state index in [9.17, 15) is 19.7 Å². The summed E-state index contributed by atoms with van der Waals surface area (Å²) in [5, 5.41) is 18.5. The summed E-state index contributed by atoms with van der Waals surface area (Å²) >= 11 is 2.67. The van der Waals surface area contributed by atoms with Crippen LogP contribution in [-0.2, 0) is 9.59 Å². The van der Waals surface area contributed by atoms with Gasteiger partial charge in [-0.15, -0.1) is 23.1 Å². The number of anilines is 2. The number of thiazole rings is 1. The van der Waals surface area contributed by atoms with Gasteiger partial charge in [-0.05, 0) is 44.0 Å². The van der Waals surface area contributed by atoms with Crippen LogP contribution in [0.2, 0.25) is 0 Å². The molecule has 0 bridgehead atoms. The SMILES string of the molecule is CC(Sc1ccc(NC(=O)C2CC2)cc1)C(=O)Nc1nc(-c2cccc([N+](=O)[O-])c2)cs1. The average molecular weight is 469 g/mol. The van der Waals surface area contributed by atoms with Crippen LogP contribution >= 0.6 is 23.1 Å². The highest BCUT2D eigenvalue weighted by molar-refractivity contribution is 8.00. The van der Waals surface area contributed by atoms with E-state index in [1.165, 1.54) is 35.2 Å². The van der Waals surface area contributed by atoms with Crippen molar-refractivity contribution >= 4 is 51.4 Å². The van der Waals surface area contributed by atoms with Gasteiger partial charge in [0.15, 0.2) is 5.13 Å². The van der Waals surface area contributed by atoms with E-state index in [-0.39, 0.29) is 28.7 Å². The second-order valence-electron chi connectivity index (χ2n) is 7.38. The third kappa shape index (κ3) is 5.51. The maximum Gasteiger partial charge on any atom is 0.270 e. The van der Waals surface area contributed by atoms with Crippen molar-refractivity contribution < 1.29 is 14.5 Å². The number of benzene rings is 2. The number of hydrogen-bond donors (Lipinski definition) is 2. The first kappa shape index (κ1) is 22.0. The number of rotatable bonds is 8. The first-order valence-electron chi connectivity index (χ1n) is 9.98. The Morgan fingerprint density at radius 3 is 2.62 bits per heavy atom. The molecule has 3 aromatic rings. The first-order valence-corrected chi connectivity index (χ1v) is 11.7. The van der Waals surface area contributed by atoms with Crippen LogP contribution < -0.4 is 10.6 Å². The highest BCUT2D eigenvalue weighted by Gasteiger charge is 2.29. The van der Waals surface area contributed by atoms with Crippen LogP contribution in [0.5, 0.6) is 0 Å². The molecule has 164 valence electrons. The van der Waals surface area contributed by atoms with Crippen molar-refractivity contribution in [1.82, 2.24) is 4.98 Å². The van der Waals surface area contributed by atoms with E-state index in [1.807, 2.05) is 24.3 Å². The number of nitro groups is 1. The zero-order chi connectivity index (χ0) is 22.7. The van der Waals surface area contributed by atoms with Crippen LogP contribution in [0.25, 0.3) is 11.3 Å². The fraction of sp³-hybridized carbons (Fsp3) is 0.227. The van der Waals surface area contributed by atoms with Crippen molar-refractivity contribution in [2.45, 2.75) is 29.9 Å². The Kier molecular flexibility index (Phi) is 6.52. The number of hydrogen-bond acceptors (Lipinski definition) is 7. The van der Waals surface area contributed by atoms with Gasteiger partial charge in [-0.25, -0.2) is 4.98 Å². The van der Waals surface area contributed by atoms with E-state index in [4.69, 9.17) is 0 Å². The van der Waals surface area contributed by atoms with Crippen molar-refractivity contribution in [3.63, 3.8) is 0 Å². The van der Waals surface area contributed by atoms with Gasteiger partial charge in [-0.1, -0.05) is 12.1 Å². The molecule has 10 heteroatoms. The second kappa shape index (κ2) is 9.49. The summed E-state index contributed by atoms with van der Waals surface area (Å²) in [6, 6.07) is 13.6. The number of nitrogens with zero attached hydrogens (tertiary/aromatic N) is 2. The maximum atomic E-state index is 12.6. The Hall–Kier alpha value is -3.24. The van der Waals surface area contributed by atoms with Crippen LogP contribution in [0, 0.1) is 16.0 Å². The van der Waals surface area contributed by atoms with Crippen molar-refractivity contribution in [2.75, 3.05) is 10.6 Å². The molecule has 1 fully saturated rings. The maximum absolute atomic E-state index is 12.6. The van der Waals surface area contributed by atoms with Gasteiger partial charge in [0.1, 0.15) is 0 Å². The molecule has 0 radical (unpaired) electrons. The van der Waals surface area contributed by atoms with Crippen LogP contribution in [0.3, 0.4) is 0 Å². The average Bonchev–Trinajstić information content (AvgIpc) is 3.54. The van der Waals surface area contributed by atoms with Crippen molar-refractivity contribution in [1.29, 1.82) is 0 Å². The normalized spacial score (nSPS) is 13.9. The van der Waals surface area contributed by atoms with Crippen LogP contribution in [0.4, 0.5) is 16.5 Å². The fourth-order valence-corrected chi connectivity index (χ4v) is 4.50. The summed E-state index contributed by atoms with van der Waals surface area (Å²) in [5.41, 5.74) is 1.93. The van der Waals surface area contributed by atoms with Gasteiger partial charge in [0.05, 0.1) is 15.9 Å². The highest BCUT2D eigenvalue weighted by Crippen LogP contribution is 2.31. The van der Waals surface area contributed by atoms with E-state index in [0.717, 1.165) is 23.4 Å². The lowest BCUT2D eigenvalue weighted by Crippen LogP contribution is -2.22. The molecular weight excluding hydrogens is 448 g/mol. The summed E-state index contributed by atoms with van der Waals surface area (Å²) in [6.45, 7) is 1.80. The molecule has 2 aromatic carbocycles. The van der Waals surface area contributed by atoms with Gasteiger partial charge in [-0.3, -0.25) is 19.7 Å². The molecular formula is C22H20N4O4S2. The molecule has 1 aliphatic rings. The molecule has 1 unspecified atom stereocenters. The van der Waals surface area contributed by atoms with E-state index >= 15 is 0 Å². The molecule has 2 N–H and O–H groups in total. The number of nitrogens with one attached hydrogen (secondary N) is 2. The van der Waals surface area contributed by atoms with E-state index in [1.54, 1.807) is 24.4 Å².